The first-order chi connectivity index (χ1) is 6.66. The second-order valence-electron chi connectivity index (χ2n) is 4.19. The van der Waals surface area contributed by atoms with Crippen LogP contribution in [0.4, 0.5) is 0 Å². The van der Waals surface area contributed by atoms with E-state index in [4.69, 9.17) is 0 Å². The van der Waals surface area contributed by atoms with E-state index in [0.29, 0.717) is 0 Å². The molecule has 1 aliphatic rings. The van der Waals surface area contributed by atoms with Gasteiger partial charge < -0.3 is 0 Å². The highest BCUT2D eigenvalue weighted by atomic mass is 127. The molecule has 0 aliphatic heterocycles. The van der Waals surface area contributed by atoms with Crippen LogP contribution in [0.5, 0.6) is 0 Å². The van der Waals surface area contributed by atoms with E-state index in [1.807, 2.05) is 0 Å². The Labute approximate surface area is 100.0 Å². The normalized spacial score (nSPS) is 21.0. The standard InChI is InChI=1S/C12H16IN/c1-9-3-4-11-8-12(14(2)13)6-5-10(11)7-9/h3-4,7,12H,5-6,8H2,1-2H3. The summed E-state index contributed by atoms with van der Waals surface area (Å²) in [4.78, 5) is 0. The quantitative estimate of drug-likeness (QED) is 0.569. The molecule has 1 atom stereocenters. The van der Waals surface area contributed by atoms with Gasteiger partial charge in [0.15, 0.2) is 0 Å². The lowest BCUT2D eigenvalue weighted by Gasteiger charge is -2.28. The molecule has 1 unspecified atom stereocenters. The summed E-state index contributed by atoms with van der Waals surface area (Å²) in [6.07, 6.45) is 3.76. The number of rotatable bonds is 1. The van der Waals surface area contributed by atoms with Gasteiger partial charge in [-0.15, -0.1) is 0 Å². The van der Waals surface area contributed by atoms with E-state index in [0.717, 1.165) is 6.04 Å². The first-order valence-corrected chi connectivity index (χ1v) is 6.10. The van der Waals surface area contributed by atoms with Crippen molar-refractivity contribution in [3.8, 4) is 0 Å². The van der Waals surface area contributed by atoms with Gasteiger partial charge in [0.1, 0.15) is 0 Å². The zero-order valence-electron chi connectivity index (χ0n) is 8.76. The lowest BCUT2D eigenvalue weighted by atomic mass is 9.87. The molecule has 0 fully saturated rings. The van der Waals surface area contributed by atoms with Gasteiger partial charge in [0.05, 0.1) is 0 Å². The van der Waals surface area contributed by atoms with Crippen LogP contribution < -0.4 is 0 Å². The molecule has 0 amide bonds. The maximum absolute atomic E-state index is 2.40. The second kappa shape index (κ2) is 4.19. The Balaban J connectivity index is 2.23. The molecule has 1 aromatic rings. The molecule has 0 radical (unpaired) electrons. The van der Waals surface area contributed by atoms with Crippen molar-refractivity contribution in [3.05, 3.63) is 34.9 Å². The highest BCUT2D eigenvalue weighted by Crippen LogP contribution is 2.26. The first-order valence-electron chi connectivity index (χ1n) is 5.14. The minimum atomic E-state index is 0.728. The molecule has 1 nitrogen and oxygen atoms in total. The monoisotopic (exact) mass is 301 g/mol. The molecule has 0 saturated carbocycles. The fraction of sp³-hybridized carbons (Fsp3) is 0.500. The van der Waals surface area contributed by atoms with Gasteiger partial charge in [0, 0.05) is 28.9 Å². The van der Waals surface area contributed by atoms with E-state index in [9.17, 15) is 0 Å². The molecular weight excluding hydrogens is 285 g/mol. The molecule has 0 N–H and O–H groups in total. The minimum absolute atomic E-state index is 0.728. The Kier molecular flexibility index (Phi) is 3.12. The van der Waals surface area contributed by atoms with Crippen LogP contribution in [0.1, 0.15) is 23.1 Å². The highest BCUT2D eigenvalue weighted by Gasteiger charge is 2.20. The Morgan fingerprint density at radius 2 is 2.14 bits per heavy atom. The van der Waals surface area contributed by atoms with Crippen molar-refractivity contribution < 1.29 is 0 Å². The highest BCUT2D eigenvalue weighted by molar-refractivity contribution is 14.1. The van der Waals surface area contributed by atoms with Crippen LogP contribution in [0.25, 0.3) is 0 Å². The van der Waals surface area contributed by atoms with Crippen LogP contribution in [0, 0.1) is 6.92 Å². The third-order valence-corrected chi connectivity index (χ3v) is 3.86. The summed E-state index contributed by atoms with van der Waals surface area (Å²) in [7, 11) is 2.17. The molecule has 0 spiro atoms. The van der Waals surface area contributed by atoms with E-state index in [-0.39, 0.29) is 0 Å². The Morgan fingerprint density at radius 1 is 1.36 bits per heavy atom. The van der Waals surface area contributed by atoms with Gasteiger partial charge in [-0.05, 0) is 44.4 Å². The predicted molar refractivity (Wildman–Crippen MR) is 68.8 cm³/mol. The van der Waals surface area contributed by atoms with Crippen molar-refractivity contribution in [3.63, 3.8) is 0 Å². The smallest absolute Gasteiger partial charge is 0.0234 e. The van der Waals surface area contributed by atoms with Gasteiger partial charge >= 0.3 is 0 Å². The molecule has 1 aromatic carbocycles. The Hall–Kier alpha value is -0.0900. The largest absolute Gasteiger partial charge is 0.247 e. The van der Waals surface area contributed by atoms with Gasteiger partial charge in [-0.3, -0.25) is 0 Å². The summed E-state index contributed by atoms with van der Waals surface area (Å²) in [5, 5.41) is 0. The average molecular weight is 301 g/mol. The number of likely N-dealkylation sites (N-methyl/N-ethyl adjacent to an activating group) is 1. The summed E-state index contributed by atoms with van der Waals surface area (Å²) >= 11 is 2.40. The molecular formula is C12H16IN. The zero-order chi connectivity index (χ0) is 10.1. The van der Waals surface area contributed by atoms with E-state index >= 15 is 0 Å². The zero-order valence-corrected chi connectivity index (χ0v) is 10.9. The fourth-order valence-corrected chi connectivity index (χ4v) is 2.64. The van der Waals surface area contributed by atoms with E-state index in [2.05, 4.69) is 58.1 Å². The number of halogens is 1. The lowest BCUT2D eigenvalue weighted by Crippen LogP contribution is -2.29. The van der Waals surface area contributed by atoms with E-state index < -0.39 is 0 Å². The van der Waals surface area contributed by atoms with Crippen molar-refractivity contribution in [2.45, 2.75) is 32.2 Å². The Bertz CT molecular complexity index is 333. The van der Waals surface area contributed by atoms with Crippen LogP contribution in [0.15, 0.2) is 18.2 Å². The fourth-order valence-electron chi connectivity index (χ4n) is 2.17. The summed E-state index contributed by atoms with van der Waals surface area (Å²) in [6.45, 7) is 2.18. The predicted octanol–water partition coefficient (Wildman–Crippen LogP) is 3.13. The molecule has 0 heterocycles. The lowest BCUT2D eigenvalue weighted by molar-refractivity contribution is 0.392. The summed E-state index contributed by atoms with van der Waals surface area (Å²) < 4.78 is 2.32. The van der Waals surface area contributed by atoms with Crippen LogP contribution in [-0.4, -0.2) is 16.2 Å². The van der Waals surface area contributed by atoms with Crippen LogP contribution >= 0.6 is 22.9 Å². The third kappa shape index (κ3) is 2.11. The SMILES string of the molecule is Cc1ccc2c(c1)CCC(N(C)I)C2. The summed E-state index contributed by atoms with van der Waals surface area (Å²) in [5.41, 5.74) is 4.51. The van der Waals surface area contributed by atoms with Gasteiger partial charge in [-0.1, -0.05) is 23.8 Å². The molecule has 76 valence electrons. The van der Waals surface area contributed by atoms with Gasteiger partial charge in [-0.25, -0.2) is 3.11 Å². The number of benzene rings is 1. The van der Waals surface area contributed by atoms with Gasteiger partial charge in [0.2, 0.25) is 0 Å². The van der Waals surface area contributed by atoms with Crippen LogP contribution in [0.3, 0.4) is 0 Å². The number of fused-ring (bicyclic) bond motifs is 1. The van der Waals surface area contributed by atoms with E-state index in [1.54, 1.807) is 11.1 Å². The summed E-state index contributed by atoms with van der Waals surface area (Å²) in [6, 6.07) is 7.61. The van der Waals surface area contributed by atoms with Gasteiger partial charge in [0.25, 0.3) is 0 Å². The molecule has 0 aromatic heterocycles. The number of hydrogen-bond acceptors (Lipinski definition) is 1. The van der Waals surface area contributed by atoms with Gasteiger partial charge in [-0.2, -0.15) is 0 Å². The molecule has 2 rings (SSSR count). The molecule has 2 heteroatoms. The van der Waals surface area contributed by atoms with Crippen molar-refractivity contribution in [1.29, 1.82) is 0 Å². The van der Waals surface area contributed by atoms with E-state index in [1.165, 1.54) is 24.8 Å². The third-order valence-electron chi connectivity index (χ3n) is 3.07. The molecule has 1 aliphatic carbocycles. The molecule has 14 heavy (non-hydrogen) atoms. The topological polar surface area (TPSA) is 3.24 Å². The number of nitrogens with zero attached hydrogens (tertiary/aromatic N) is 1. The van der Waals surface area contributed by atoms with Crippen LogP contribution in [-0.2, 0) is 12.8 Å². The minimum Gasteiger partial charge on any atom is -0.247 e. The van der Waals surface area contributed by atoms with Crippen molar-refractivity contribution >= 4 is 22.9 Å². The van der Waals surface area contributed by atoms with Crippen molar-refractivity contribution in [1.82, 2.24) is 3.11 Å². The first kappa shape index (κ1) is 10.4. The number of aryl methyl sites for hydroxylation is 2. The maximum atomic E-state index is 2.40. The van der Waals surface area contributed by atoms with Crippen LogP contribution in [0.2, 0.25) is 0 Å². The summed E-state index contributed by atoms with van der Waals surface area (Å²) in [5.74, 6) is 0. The molecule has 0 bridgehead atoms. The van der Waals surface area contributed by atoms with Crippen molar-refractivity contribution in [2.75, 3.05) is 7.05 Å². The second-order valence-corrected chi connectivity index (χ2v) is 5.72. The number of hydrogen-bond donors (Lipinski definition) is 0. The average Bonchev–Trinajstić information content (AvgIpc) is 2.16. The Morgan fingerprint density at radius 3 is 2.86 bits per heavy atom. The van der Waals surface area contributed by atoms with Crippen molar-refractivity contribution in [2.24, 2.45) is 0 Å². The molecule has 0 saturated heterocycles. The maximum Gasteiger partial charge on any atom is 0.0234 e.